The molecule has 0 saturated heterocycles. The largest absolute Gasteiger partial charge is 0.293 e. The van der Waals surface area contributed by atoms with Gasteiger partial charge in [0, 0.05) is 6.42 Å². The lowest BCUT2D eigenvalue weighted by Gasteiger charge is -2.01. The molecule has 2 nitrogen and oxygen atoms in total. The summed E-state index contributed by atoms with van der Waals surface area (Å²) >= 11 is 0. The number of Topliss-reactive ketones (excluding diaryl/α,β-unsaturated/α-hetero) is 1. The Morgan fingerprint density at radius 3 is 2.57 bits per heavy atom. The van der Waals surface area contributed by atoms with E-state index >= 15 is 0 Å². The molecule has 1 aliphatic rings. The first kappa shape index (κ1) is 4.07. The smallest absolute Gasteiger partial charge is 0.176 e. The zero-order chi connectivity index (χ0) is 5.28. The molecule has 0 heterocycles. The third-order valence-electron chi connectivity index (χ3n) is 0.912. The minimum absolute atomic E-state index is 0.0255. The second kappa shape index (κ2) is 1.19. The molecular formula is C5H3NO. The van der Waals surface area contributed by atoms with E-state index in [1.807, 2.05) is 0 Å². The van der Waals surface area contributed by atoms with E-state index in [0.717, 1.165) is 0 Å². The monoisotopic (exact) mass is 93.0 g/mol. The van der Waals surface area contributed by atoms with Crippen LogP contribution in [0.5, 0.6) is 0 Å². The van der Waals surface area contributed by atoms with Crippen molar-refractivity contribution in [2.75, 3.05) is 0 Å². The maximum absolute atomic E-state index is 10.2. The standard InChI is InChI=1S/C5H3NO/c6-3-4-1-2-5(4)7/h1H,2H2. The van der Waals surface area contributed by atoms with Crippen molar-refractivity contribution in [2.24, 2.45) is 0 Å². The van der Waals surface area contributed by atoms with Gasteiger partial charge in [-0.2, -0.15) is 5.26 Å². The van der Waals surface area contributed by atoms with Gasteiger partial charge >= 0.3 is 0 Å². The van der Waals surface area contributed by atoms with Gasteiger partial charge in [-0.3, -0.25) is 4.79 Å². The van der Waals surface area contributed by atoms with Gasteiger partial charge in [0.2, 0.25) is 0 Å². The van der Waals surface area contributed by atoms with E-state index in [2.05, 4.69) is 0 Å². The van der Waals surface area contributed by atoms with Crippen molar-refractivity contribution in [3.05, 3.63) is 11.6 Å². The highest BCUT2D eigenvalue weighted by molar-refractivity contribution is 6.05. The minimum Gasteiger partial charge on any atom is -0.293 e. The number of hydrogen-bond acceptors (Lipinski definition) is 2. The maximum atomic E-state index is 10.2. The molecule has 0 amide bonds. The van der Waals surface area contributed by atoms with Crippen LogP contribution in [0, 0.1) is 11.3 Å². The highest BCUT2D eigenvalue weighted by atomic mass is 16.1. The molecule has 0 unspecified atom stereocenters. The summed E-state index contributed by atoms with van der Waals surface area (Å²) in [7, 11) is 0. The number of ketones is 1. The van der Waals surface area contributed by atoms with Crippen LogP contribution in [0.25, 0.3) is 0 Å². The first-order chi connectivity index (χ1) is 3.34. The molecule has 7 heavy (non-hydrogen) atoms. The SMILES string of the molecule is N#CC1=CCC1=O. The quantitative estimate of drug-likeness (QED) is 0.435. The van der Waals surface area contributed by atoms with E-state index in [1.165, 1.54) is 0 Å². The van der Waals surface area contributed by atoms with Gasteiger partial charge in [-0.25, -0.2) is 0 Å². The summed E-state index contributed by atoms with van der Waals surface area (Å²) in [6.07, 6.45) is 2.09. The van der Waals surface area contributed by atoms with E-state index in [9.17, 15) is 4.79 Å². The molecule has 0 saturated carbocycles. The van der Waals surface area contributed by atoms with Crippen molar-refractivity contribution < 1.29 is 4.79 Å². The Kier molecular flexibility index (Phi) is 0.694. The molecule has 0 spiro atoms. The number of rotatable bonds is 0. The number of nitriles is 1. The molecule has 0 aromatic rings. The average molecular weight is 93.1 g/mol. The van der Waals surface area contributed by atoms with Crippen LogP contribution in [0.15, 0.2) is 11.6 Å². The fraction of sp³-hybridized carbons (Fsp3) is 0.200. The summed E-state index contributed by atoms with van der Waals surface area (Å²) < 4.78 is 0. The fourth-order valence-corrected chi connectivity index (χ4v) is 0.395. The molecule has 0 bridgehead atoms. The Morgan fingerprint density at radius 1 is 1.86 bits per heavy atom. The van der Waals surface area contributed by atoms with Gasteiger partial charge in [0.1, 0.15) is 6.07 Å². The Bertz CT molecular complexity index is 173. The summed E-state index contributed by atoms with van der Waals surface area (Å²) in [5, 5.41) is 8.02. The number of hydrogen-bond donors (Lipinski definition) is 0. The number of carbonyl (C=O) groups excluding carboxylic acids is 1. The molecule has 0 aliphatic heterocycles. The Morgan fingerprint density at radius 2 is 2.57 bits per heavy atom. The zero-order valence-corrected chi connectivity index (χ0v) is 3.64. The molecule has 0 radical (unpaired) electrons. The lowest BCUT2D eigenvalue weighted by atomic mass is 9.99. The predicted molar refractivity (Wildman–Crippen MR) is 23.3 cm³/mol. The first-order valence-electron chi connectivity index (χ1n) is 1.98. The van der Waals surface area contributed by atoms with Gasteiger partial charge in [0.05, 0.1) is 5.57 Å². The molecule has 1 aliphatic carbocycles. The van der Waals surface area contributed by atoms with E-state index in [0.29, 0.717) is 12.0 Å². The van der Waals surface area contributed by atoms with Crippen LogP contribution >= 0.6 is 0 Å². The minimum atomic E-state index is -0.0255. The summed E-state index contributed by atoms with van der Waals surface area (Å²) in [6.45, 7) is 0. The first-order valence-corrected chi connectivity index (χ1v) is 1.98. The van der Waals surface area contributed by atoms with E-state index in [1.54, 1.807) is 12.1 Å². The Labute approximate surface area is 41.1 Å². The summed E-state index contributed by atoms with van der Waals surface area (Å²) in [6, 6.07) is 1.76. The van der Waals surface area contributed by atoms with Gasteiger partial charge in [-0.1, -0.05) is 6.08 Å². The third kappa shape index (κ3) is 0.420. The van der Waals surface area contributed by atoms with Crippen LogP contribution in [-0.2, 0) is 4.79 Å². The van der Waals surface area contributed by atoms with Crippen LogP contribution in [0.2, 0.25) is 0 Å². The molecule has 34 valence electrons. The molecule has 0 N–H and O–H groups in total. The Balaban J connectivity index is 2.81. The van der Waals surface area contributed by atoms with Gasteiger partial charge in [-0.05, 0) is 0 Å². The fourth-order valence-electron chi connectivity index (χ4n) is 0.395. The van der Waals surface area contributed by atoms with E-state index in [-0.39, 0.29) is 5.78 Å². The molecule has 1 rings (SSSR count). The third-order valence-corrected chi connectivity index (χ3v) is 0.912. The summed E-state index contributed by atoms with van der Waals surface area (Å²) in [5.74, 6) is -0.0255. The van der Waals surface area contributed by atoms with Gasteiger partial charge < -0.3 is 0 Å². The maximum Gasteiger partial charge on any atom is 0.176 e. The van der Waals surface area contributed by atoms with Crippen LogP contribution in [0.4, 0.5) is 0 Å². The summed E-state index contributed by atoms with van der Waals surface area (Å²) in [5.41, 5.74) is 0.319. The molecule has 0 atom stereocenters. The molecular weight excluding hydrogens is 90.1 g/mol. The van der Waals surface area contributed by atoms with Gasteiger partial charge in [0.25, 0.3) is 0 Å². The molecule has 0 fully saturated rings. The number of allylic oxidation sites excluding steroid dienone is 2. The normalized spacial score (nSPS) is 17.0. The van der Waals surface area contributed by atoms with Crippen LogP contribution < -0.4 is 0 Å². The second-order valence-corrected chi connectivity index (χ2v) is 1.36. The van der Waals surface area contributed by atoms with Gasteiger partial charge in [-0.15, -0.1) is 0 Å². The Hall–Kier alpha value is -1.10. The lowest BCUT2D eigenvalue weighted by molar-refractivity contribution is -0.115. The van der Waals surface area contributed by atoms with Crippen molar-refractivity contribution in [1.29, 1.82) is 5.26 Å². The van der Waals surface area contributed by atoms with Gasteiger partial charge in [0.15, 0.2) is 5.78 Å². The zero-order valence-electron chi connectivity index (χ0n) is 3.64. The van der Waals surface area contributed by atoms with Crippen molar-refractivity contribution in [3.8, 4) is 6.07 Å². The number of carbonyl (C=O) groups is 1. The highest BCUT2D eigenvalue weighted by Gasteiger charge is 2.14. The van der Waals surface area contributed by atoms with Crippen molar-refractivity contribution in [3.63, 3.8) is 0 Å². The lowest BCUT2D eigenvalue weighted by Crippen LogP contribution is -2.07. The second-order valence-electron chi connectivity index (χ2n) is 1.36. The molecule has 2 heteroatoms. The predicted octanol–water partition coefficient (Wildman–Crippen LogP) is 0.409. The van der Waals surface area contributed by atoms with Crippen molar-refractivity contribution >= 4 is 5.78 Å². The van der Waals surface area contributed by atoms with Crippen LogP contribution in [0.1, 0.15) is 6.42 Å². The number of nitrogens with zero attached hydrogens (tertiary/aromatic N) is 1. The van der Waals surface area contributed by atoms with Crippen molar-refractivity contribution in [1.82, 2.24) is 0 Å². The average Bonchev–Trinajstić information content (AvgIpc) is 1.65. The topological polar surface area (TPSA) is 40.9 Å². The van der Waals surface area contributed by atoms with E-state index in [4.69, 9.17) is 5.26 Å². The molecule has 0 aromatic heterocycles. The van der Waals surface area contributed by atoms with Crippen LogP contribution in [-0.4, -0.2) is 5.78 Å². The van der Waals surface area contributed by atoms with E-state index < -0.39 is 0 Å². The van der Waals surface area contributed by atoms with Crippen LogP contribution in [0.3, 0.4) is 0 Å². The summed E-state index contributed by atoms with van der Waals surface area (Å²) in [4.78, 5) is 10.2. The van der Waals surface area contributed by atoms with Crippen molar-refractivity contribution in [2.45, 2.75) is 6.42 Å². The molecule has 0 aromatic carbocycles. The highest BCUT2D eigenvalue weighted by Crippen LogP contribution is 2.10.